The molecule has 0 spiro atoms. The zero-order chi connectivity index (χ0) is 19.2. The van der Waals surface area contributed by atoms with Crippen molar-refractivity contribution in [2.24, 2.45) is 0 Å². The molecule has 4 rings (SSSR count). The maximum atomic E-state index is 14.9. The summed E-state index contributed by atoms with van der Waals surface area (Å²) in [5.41, 5.74) is 1.05. The van der Waals surface area contributed by atoms with E-state index in [2.05, 4.69) is 19.9 Å². The Labute approximate surface area is 150 Å². The lowest BCUT2D eigenvalue weighted by atomic mass is 10.1. The van der Waals surface area contributed by atoms with E-state index < -0.39 is 17.6 Å². The fourth-order valence-electron chi connectivity index (χ4n) is 2.75. The molecule has 0 atom stereocenters. The van der Waals surface area contributed by atoms with Crippen LogP contribution in [0.25, 0.3) is 33.5 Å². The highest BCUT2D eigenvalue weighted by atomic mass is 19.4. The molecule has 0 fully saturated rings. The van der Waals surface area contributed by atoms with E-state index in [1.54, 1.807) is 19.1 Å². The Hall–Kier alpha value is -3.29. The Morgan fingerprint density at radius 3 is 2.19 bits per heavy atom. The summed E-state index contributed by atoms with van der Waals surface area (Å²) in [5.74, 6) is 0.340. The summed E-state index contributed by atoms with van der Waals surface area (Å²) in [7, 11) is 0. The summed E-state index contributed by atoms with van der Waals surface area (Å²) in [5, 5.41) is 0. The van der Waals surface area contributed by atoms with Crippen LogP contribution in [-0.4, -0.2) is 19.9 Å². The molecule has 4 nitrogen and oxygen atoms in total. The number of hydrogen-bond acceptors (Lipinski definition) is 3. The molecule has 0 amide bonds. The number of alkyl halides is 3. The number of H-pyrrole nitrogens is 1. The van der Waals surface area contributed by atoms with Crippen LogP contribution in [0.1, 0.15) is 11.4 Å². The second-order valence-corrected chi connectivity index (χ2v) is 6.00. The van der Waals surface area contributed by atoms with E-state index in [1.165, 1.54) is 24.5 Å². The number of imidazole rings is 1. The van der Waals surface area contributed by atoms with Crippen molar-refractivity contribution < 1.29 is 17.6 Å². The molecule has 2 aromatic carbocycles. The third kappa shape index (κ3) is 3.14. The van der Waals surface area contributed by atoms with Crippen LogP contribution < -0.4 is 0 Å². The van der Waals surface area contributed by atoms with Gasteiger partial charge in [-0.05, 0) is 31.2 Å². The van der Waals surface area contributed by atoms with Crippen molar-refractivity contribution in [2.75, 3.05) is 0 Å². The zero-order valence-corrected chi connectivity index (χ0v) is 14.0. The molecule has 4 aromatic rings. The Bertz CT molecular complexity index is 1110. The van der Waals surface area contributed by atoms with Gasteiger partial charge in [0.05, 0.1) is 11.1 Å². The zero-order valence-electron chi connectivity index (χ0n) is 14.0. The molecule has 0 aliphatic rings. The molecule has 0 saturated heterocycles. The quantitative estimate of drug-likeness (QED) is 0.495. The summed E-state index contributed by atoms with van der Waals surface area (Å²) in [6.45, 7) is 1.73. The summed E-state index contributed by atoms with van der Waals surface area (Å²) in [6, 6.07) is 7.74. The van der Waals surface area contributed by atoms with Crippen molar-refractivity contribution in [3.63, 3.8) is 0 Å². The Morgan fingerprint density at radius 1 is 0.889 bits per heavy atom. The maximum Gasteiger partial charge on any atom is 0.416 e. The topological polar surface area (TPSA) is 54.5 Å². The first-order valence-electron chi connectivity index (χ1n) is 7.98. The van der Waals surface area contributed by atoms with Gasteiger partial charge in [0.2, 0.25) is 0 Å². The highest BCUT2D eigenvalue weighted by Crippen LogP contribution is 2.32. The van der Waals surface area contributed by atoms with Crippen LogP contribution in [-0.2, 0) is 6.18 Å². The van der Waals surface area contributed by atoms with Crippen molar-refractivity contribution in [1.82, 2.24) is 19.9 Å². The van der Waals surface area contributed by atoms with Crippen molar-refractivity contribution >= 4 is 11.0 Å². The molecule has 0 unspecified atom stereocenters. The summed E-state index contributed by atoms with van der Waals surface area (Å²) in [6.07, 6.45) is -1.36. The van der Waals surface area contributed by atoms with E-state index in [-0.39, 0.29) is 11.3 Å². The Morgan fingerprint density at radius 2 is 1.56 bits per heavy atom. The standard InChI is InChI=1S/C19H12F4N4/c1-10-24-8-12(9-25-10)14-6-7-15-17(16(14)20)27-18(26-15)11-2-4-13(5-3-11)19(21,22)23/h2-9H,1H3,(H,26,27). The Kier molecular flexibility index (Phi) is 3.91. The largest absolute Gasteiger partial charge is 0.416 e. The monoisotopic (exact) mass is 372 g/mol. The second kappa shape index (κ2) is 6.15. The first kappa shape index (κ1) is 17.1. The van der Waals surface area contributed by atoms with Gasteiger partial charge in [-0.2, -0.15) is 13.2 Å². The van der Waals surface area contributed by atoms with Crippen LogP contribution in [0.4, 0.5) is 17.6 Å². The molecule has 0 bridgehead atoms. The van der Waals surface area contributed by atoms with Gasteiger partial charge >= 0.3 is 6.18 Å². The highest BCUT2D eigenvalue weighted by Gasteiger charge is 2.30. The third-order valence-electron chi connectivity index (χ3n) is 4.17. The number of fused-ring (bicyclic) bond motifs is 1. The molecule has 0 aliphatic heterocycles. The van der Waals surface area contributed by atoms with Crippen molar-refractivity contribution in [3.8, 4) is 22.5 Å². The first-order valence-corrected chi connectivity index (χ1v) is 7.98. The molecular weight excluding hydrogens is 360 g/mol. The van der Waals surface area contributed by atoms with Gasteiger partial charge in [0.15, 0.2) is 5.82 Å². The van der Waals surface area contributed by atoms with Crippen molar-refractivity contribution in [3.05, 3.63) is 66.0 Å². The van der Waals surface area contributed by atoms with Crippen LogP contribution in [0.15, 0.2) is 48.8 Å². The van der Waals surface area contributed by atoms with Gasteiger partial charge in [-0.3, -0.25) is 0 Å². The van der Waals surface area contributed by atoms with Crippen LogP contribution in [0, 0.1) is 12.7 Å². The number of nitrogens with zero attached hydrogens (tertiary/aromatic N) is 3. The summed E-state index contributed by atoms with van der Waals surface area (Å²) >= 11 is 0. The maximum absolute atomic E-state index is 14.9. The van der Waals surface area contributed by atoms with Gasteiger partial charge in [0.1, 0.15) is 17.2 Å². The van der Waals surface area contributed by atoms with E-state index >= 15 is 0 Å². The second-order valence-electron chi connectivity index (χ2n) is 6.00. The van der Waals surface area contributed by atoms with Crippen LogP contribution in [0.3, 0.4) is 0 Å². The lowest BCUT2D eigenvalue weighted by Crippen LogP contribution is -2.04. The van der Waals surface area contributed by atoms with E-state index in [0.717, 1.165) is 12.1 Å². The molecule has 8 heteroatoms. The molecule has 2 heterocycles. The van der Waals surface area contributed by atoms with E-state index in [4.69, 9.17) is 0 Å². The van der Waals surface area contributed by atoms with E-state index in [9.17, 15) is 17.6 Å². The predicted molar refractivity (Wildman–Crippen MR) is 92.3 cm³/mol. The molecular formula is C19H12F4N4. The number of aromatic nitrogens is 4. The number of halogens is 4. The third-order valence-corrected chi connectivity index (χ3v) is 4.17. The average Bonchev–Trinajstić information content (AvgIpc) is 3.08. The highest BCUT2D eigenvalue weighted by molar-refractivity contribution is 5.85. The predicted octanol–water partition coefficient (Wildman–Crippen LogP) is 5.15. The van der Waals surface area contributed by atoms with Crippen LogP contribution in [0.2, 0.25) is 0 Å². The van der Waals surface area contributed by atoms with Gasteiger partial charge in [0, 0.05) is 29.1 Å². The fourth-order valence-corrected chi connectivity index (χ4v) is 2.75. The van der Waals surface area contributed by atoms with Gasteiger partial charge in [-0.1, -0.05) is 12.1 Å². The number of aryl methyl sites for hydroxylation is 1. The van der Waals surface area contributed by atoms with Gasteiger partial charge < -0.3 is 4.98 Å². The number of hydrogen-bond donors (Lipinski definition) is 1. The number of aromatic amines is 1. The van der Waals surface area contributed by atoms with Crippen LogP contribution in [0.5, 0.6) is 0 Å². The number of benzene rings is 2. The minimum atomic E-state index is -4.41. The van der Waals surface area contributed by atoms with Crippen molar-refractivity contribution in [1.29, 1.82) is 0 Å². The normalized spacial score (nSPS) is 11.9. The van der Waals surface area contributed by atoms with Crippen LogP contribution >= 0.6 is 0 Å². The van der Waals surface area contributed by atoms with Gasteiger partial charge in [0.25, 0.3) is 0 Å². The molecule has 2 aromatic heterocycles. The molecule has 136 valence electrons. The van der Waals surface area contributed by atoms with E-state index in [1.807, 2.05) is 0 Å². The lowest BCUT2D eigenvalue weighted by Gasteiger charge is -2.06. The minimum absolute atomic E-state index is 0.169. The smallest absolute Gasteiger partial charge is 0.336 e. The first-order chi connectivity index (χ1) is 12.8. The molecule has 0 radical (unpaired) electrons. The number of rotatable bonds is 2. The lowest BCUT2D eigenvalue weighted by molar-refractivity contribution is -0.137. The molecule has 27 heavy (non-hydrogen) atoms. The van der Waals surface area contributed by atoms with E-state index in [0.29, 0.717) is 28.0 Å². The SMILES string of the molecule is Cc1ncc(-c2ccc3nc(-c4ccc(C(F)(F)F)cc4)[nH]c3c2F)cn1. The fraction of sp³-hybridized carbons (Fsp3) is 0.105. The molecule has 0 aliphatic carbocycles. The van der Waals surface area contributed by atoms with Gasteiger partial charge in [-0.15, -0.1) is 0 Å². The average molecular weight is 372 g/mol. The summed E-state index contributed by atoms with van der Waals surface area (Å²) < 4.78 is 53.0. The minimum Gasteiger partial charge on any atom is -0.336 e. The molecule has 0 saturated carbocycles. The van der Waals surface area contributed by atoms with Gasteiger partial charge in [-0.25, -0.2) is 19.3 Å². The molecule has 1 N–H and O–H groups in total. The van der Waals surface area contributed by atoms with Crippen molar-refractivity contribution in [2.45, 2.75) is 13.1 Å². The Balaban J connectivity index is 1.76. The summed E-state index contributed by atoms with van der Waals surface area (Å²) in [4.78, 5) is 15.3. The number of nitrogens with one attached hydrogen (secondary N) is 1.